The van der Waals surface area contributed by atoms with Crippen LogP contribution in [0, 0.1) is 5.82 Å². The molecule has 6 heteroatoms. The second-order valence-corrected chi connectivity index (χ2v) is 5.91. The van der Waals surface area contributed by atoms with Gasteiger partial charge >= 0.3 is 0 Å². The summed E-state index contributed by atoms with van der Waals surface area (Å²) in [6.07, 6.45) is 0. The number of carbonyl (C=O) groups is 2. The SMILES string of the molecule is CN1C(=O)C(=O)/C(=C(/O)c2ccc(Cl)cc2)C1c1cccc(F)c1. The highest BCUT2D eigenvalue weighted by molar-refractivity contribution is 6.46. The standard InChI is InChI=1S/C18H13ClFNO3/c1-21-15(11-3-2-4-13(20)9-11)14(17(23)18(21)24)16(22)10-5-7-12(19)8-6-10/h2-9,15,22H,1H3/b16-14+. The number of likely N-dealkylation sites (N-methyl/N-ethyl adjacent to an activating group) is 1. The summed E-state index contributed by atoms with van der Waals surface area (Å²) in [7, 11) is 1.44. The summed E-state index contributed by atoms with van der Waals surface area (Å²) in [5.74, 6) is -2.36. The zero-order chi connectivity index (χ0) is 17.4. The second kappa shape index (κ2) is 6.09. The minimum absolute atomic E-state index is 0.0737. The number of carbonyl (C=O) groups excluding carboxylic acids is 2. The van der Waals surface area contributed by atoms with Crippen molar-refractivity contribution in [1.82, 2.24) is 4.90 Å². The van der Waals surface area contributed by atoms with Gasteiger partial charge in [0.05, 0.1) is 11.6 Å². The summed E-state index contributed by atoms with van der Waals surface area (Å²) in [6, 6.07) is 11.0. The Bertz CT molecular complexity index is 861. The van der Waals surface area contributed by atoms with Crippen molar-refractivity contribution in [2.24, 2.45) is 0 Å². The van der Waals surface area contributed by atoms with Gasteiger partial charge in [0.2, 0.25) is 0 Å². The van der Waals surface area contributed by atoms with E-state index in [2.05, 4.69) is 0 Å². The maximum Gasteiger partial charge on any atom is 0.295 e. The Morgan fingerprint density at radius 3 is 2.46 bits per heavy atom. The first kappa shape index (κ1) is 16.2. The molecule has 1 aliphatic heterocycles. The number of halogens is 2. The minimum atomic E-state index is -0.851. The van der Waals surface area contributed by atoms with E-state index in [0.717, 1.165) is 0 Å². The van der Waals surface area contributed by atoms with Crippen LogP contribution in [-0.4, -0.2) is 28.7 Å². The van der Waals surface area contributed by atoms with Gasteiger partial charge in [0.15, 0.2) is 0 Å². The van der Waals surface area contributed by atoms with Gasteiger partial charge in [0.1, 0.15) is 11.6 Å². The Morgan fingerprint density at radius 2 is 1.83 bits per heavy atom. The number of Topliss-reactive ketones (excluding diaryl/α,β-unsaturated/α-hetero) is 1. The van der Waals surface area contributed by atoms with Crippen LogP contribution in [0.4, 0.5) is 4.39 Å². The van der Waals surface area contributed by atoms with Gasteiger partial charge in [0, 0.05) is 17.6 Å². The summed E-state index contributed by atoms with van der Waals surface area (Å²) in [5.41, 5.74) is 0.690. The van der Waals surface area contributed by atoms with Crippen molar-refractivity contribution in [3.05, 3.63) is 76.1 Å². The van der Waals surface area contributed by atoms with Crippen LogP contribution in [-0.2, 0) is 9.59 Å². The molecular formula is C18H13ClFNO3. The van der Waals surface area contributed by atoms with Crippen molar-refractivity contribution in [2.45, 2.75) is 6.04 Å². The summed E-state index contributed by atoms with van der Waals surface area (Å²) < 4.78 is 13.6. The molecule has 1 aliphatic rings. The summed E-state index contributed by atoms with van der Waals surface area (Å²) in [6.45, 7) is 0. The van der Waals surface area contributed by atoms with E-state index in [9.17, 15) is 19.1 Å². The molecule has 122 valence electrons. The van der Waals surface area contributed by atoms with Gasteiger partial charge in [-0.15, -0.1) is 0 Å². The van der Waals surface area contributed by atoms with Crippen molar-refractivity contribution in [3.63, 3.8) is 0 Å². The van der Waals surface area contributed by atoms with E-state index in [4.69, 9.17) is 11.6 Å². The molecule has 0 spiro atoms. The van der Waals surface area contributed by atoms with Crippen LogP contribution in [0.2, 0.25) is 5.02 Å². The lowest BCUT2D eigenvalue weighted by Crippen LogP contribution is -2.24. The average molecular weight is 346 g/mol. The van der Waals surface area contributed by atoms with Crippen molar-refractivity contribution < 1.29 is 19.1 Å². The molecule has 1 atom stereocenters. The Kier molecular flexibility index (Phi) is 4.11. The van der Waals surface area contributed by atoms with Gasteiger partial charge in [-0.1, -0.05) is 23.7 Å². The quantitative estimate of drug-likeness (QED) is 0.514. The molecule has 0 saturated carbocycles. The molecule has 2 aromatic rings. The van der Waals surface area contributed by atoms with E-state index in [1.165, 1.54) is 30.1 Å². The fourth-order valence-corrected chi connectivity index (χ4v) is 2.90. The molecule has 1 saturated heterocycles. The van der Waals surface area contributed by atoms with Gasteiger partial charge in [-0.3, -0.25) is 9.59 Å². The first-order chi connectivity index (χ1) is 11.4. The molecule has 4 nitrogen and oxygen atoms in total. The Hall–Kier alpha value is -2.66. The number of benzene rings is 2. The zero-order valence-corrected chi connectivity index (χ0v) is 13.4. The fraction of sp³-hybridized carbons (Fsp3) is 0.111. The normalized spacial score (nSPS) is 19.8. The number of aliphatic hydroxyl groups excluding tert-OH is 1. The summed E-state index contributed by atoms with van der Waals surface area (Å²) >= 11 is 5.82. The van der Waals surface area contributed by atoms with Crippen LogP contribution in [0.1, 0.15) is 17.2 Å². The largest absolute Gasteiger partial charge is 0.507 e. The number of amides is 1. The number of likely N-dealkylation sites (tertiary alicyclic amines) is 1. The number of aliphatic hydroxyl groups is 1. The molecule has 0 aliphatic carbocycles. The fourth-order valence-electron chi connectivity index (χ4n) is 2.78. The highest BCUT2D eigenvalue weighted by Crippen LogP contribution is 2.38. The van der Waals surface area contributed by atoms with Crippen LogP contribution in [0.15, 0.2) is 54.1 Å². The third-order valence-electron chi connectivity index (χ3n) is 3.96. The average Bonchev–Trinajstić information content (AvgIpc) is 2.79. The highest BCUT2D eigenvalue weighted by atomic mass is 35.5. The Labute approximate surface area is 142 Å². The first-order valence-electron chi connectivity index (χ1n) is 7.16. The van der Waals surface area contributed by atoms with Gasteiger partial charge in [0.25, 0.3) is 11.7 Å². The van der Waals surface area contributed by atoms with Gasteiger partial charge in [-0.2, -0.15) is 0 Å². The molecule has 1 N–H and O–H groups in total. The lowest BCUT2D eigenvalue weighted by Gasteiger charge is -2.21. The molecule has 24 heavy (non-hydrogen) atoms. The molecule has 1 amide bonds. The van der Waals surface area contributed by atoms with Crippen LogP contribution in [0.5, 0.6) is 0 Å². The number of hydrogen-bond acceptors (Lipinski definition) is 3. The summed E-state index contributed by atoms with van der Waals surface area (Å²) in [4.78, 5) is 25.6. The van der Waals surface area contributed by atoms with Gasteiger partial charge in [-0.05, 0) is 42.0 Å². The van der Waals surface area contributed by atoms with Crippen LogP contribution in [0.25, 0.3) is 5.76 Å². The van der Waals surface area contributed by atoms with E-state index in [1.807, 2.05) is 0 Å². The molecule has 0 aromatic heterocycles. The molecule has 3 rings (SSSR count). The highest BCUT2D eigenvalue weighted by Gasteiger charge is 2.44. The third-order valence-corrected chi connectivity index (χ3v) is 4.21. The Balaban J connectivity index is 2.18. The van der Waals surface area contributed by atoms with Crippen LogP contribution >= 0.6 is 11.6 Å². The van der Waals surface area contributed by atoms with Crippen molar-refractivity contribution in [3.8, 4) is 0 Å². The number of nitrogens with zero attached hydrogens (tertiary/aromatic N) is 1. The van der Waals surface area contributed by atoms with Crippen molar-refractivity contribution >= 4 is 29.1 Å². The monoisotopic (exact) mass is 345 g/mol. The van der Waals surface area contributed by atoms with Crippen molar-refractivity contribution in [2.75, 3.05) is 7.05 Å². The van der Waals surface area contributed by atoms with Gasteiger partial charge in [-0.25, -0.2) is 4.39 Å². The minimum Gasteiger partial charge on any atom is -0.507 e. The number of rotatable bonds is 2. The lowest BCUT2D eigenvalue weighted by atomic mass is 9.95. The number of ketones is 1. The lowest BCUT2D eigenvalue weighted by molar-refractivity contribution is -0.139. The second-order valence-electron chi connectivity index (χ2n) is 5.47. The molecule has 1 heterocycles. The van der Waals surface area contributed by atoms with Crippen LogP contribution in [0.3, 0.4) is 0 Å². The first-order valence-corrected chi connectivity index (χ1v) is 7.54. The van der Waals surface area contributed by atoms with E-state index < -0.39 is 23.5 Å². The summed E-state index contributed by atoms with van der Waals surface area (Å²) in [5, 5.41) is 11.0. The molecule has 0 radical (unpaired) electrons. The molecule has 1 unspecified atom stereocenters. The van der Waals surface area contributed by atoms with Crippen molar-refractivity contribution in [1.29, 1.82) is 0 Å². The smallest absolute Gasteiger partial charge is 0.295 e. The Morgan fingerprint density at radius 1 is 1.17 bits per heavy atom. The van der Waals surface area contributed by atoms with Crippen LogP contribution < -0.4 is 0 Å². The zero-order valence-electron chi connectivity index (χ0n) is 12.7. The topological polar surface area (TPSA) is 57.6 Å². The maximum atomic E-state index is 13.6. The predicted molar refractivity (Wildman–Crippen MR) is 87.9 cm³/mol. The number of hydrogen-bond donors (Lipinski definition) is 1. The van der Waals surface area contributed by atoms with E-state index in [0.29, 0.717) is 16.1 Å². The molecule has 0 bridgehead atoms. The van der Waals surface area contributed by atoms with E-state index in [1.54, 1.807) is 30.3 Å². The molecule has 1 fully saturated rings. The molecular weight excluding hydrogens is 333 g/mol. The van der Waals surface area contributed by atoms with Gasteiger partial charge < -0.3 is 10.0 Å². The third kappa shape index (κ3) is 2.67. The molecule has 2 aromatic carbocycles. The van der Waals surface area contributed by atoms with E-state index in [-0.39, 0.29) is 11.3 Å². The predicted octanol–water partition coefficient (Wildman–Crippen LogP) is 3.53. The maximum absolute atomic E-state index is 13.6. The van der Waals surface area contributed by atoms with E-state index >= 15 is 0 Å².